The van der Waals surface area contributed by atoms with E-state index in [1.54, 1.807) is 22.2 Å². The van der Waals surface area contributed by atoms with Crippen LogP contribution in [0.1, 0.15) is 21.8 Å². The normalized spacial score (nSPS) is 15.7. The standard InChI is InChI=1S/C18H16FN3OS/c1-21-7-4-12(5-8-21)15-11-22(18(23)17-20-6-9-24-17)16-3-2-13(19)10-14(15)16/h2-4,6,9-11H,5,7-8H2,1H3. The van der Waals surface area contributed by atoms with Gasteiger partial charge in [-0.3, -0.25) is 9.36 Å². The lowest BCUT2D eigenvalue weighted by molar-refractivity contribution is 0.0964. The van der Waals surface area contributed by atoms with E-state index in [0.29, 0.717) is 10.5 Å². The number of hydrogen-bond acceptors (Lipinski definition) is 4. The van der Waals surface area contributed by atoms with E-state index in [4.69, 9.17) is 0 Å². The number of carbonyl (C=O) groups excluding carboxylic acids is 1. The number of nitrogens with zero attached hydrogens (tertiary/aromatic N) is 3. The largest absolute Gasteiger partial charge is 0.302 e. The summed E-state index contributed by atoms with van der Waals surface area (Å²) >= 11 is 1.31. The Morgan fingerprint density at radius 3 is 2.96 bits per heavy atom. The first-order chi connectivity index (χ1) is 11.6. The van der Waals surface area contributed by atoms with Gasteiger partial charge in [-0.05, 0) is 37.2 Å². The lowest BCUT2D eigenvalue weighted by Gasteiger charge is -2.21. The summed E-state index contributed by atoms with van der Waals surface area (Å²) in [5.41, 5.74) is 2.81. The molecular weight excluding hydrogens is 325 g/mol. The average molecular weight is 341 g/mol. The lowest BCUT2D eigenvalue weighted by atomic mass is 9.99. The maximum absolute atomic E-state index is 13.8. The summed E-state index contributed by atoms with van der Waals surface area (Å²) in [5.74, 6) is -0.474. The Labute approximate surface area is 142 Å². The van der Waals surface area contributed by atoms with Crippen LogP contribution >= 0.6 is 11.3 Å². The van der Waals surface area contributed by atoms with Gasteiger partial charge in [0.15, 0.2) is 5.01 Å². The molecule has 2 aromatic heterocycles. The molecule has 3 aromatic rings. The van der Waals surface area contributed by atoms with Crippen LogP contribution in [0.15, 0.2) is 42.0 Å². The number of fused-ring (bicyclic) bond motifs is 1. The molecule has 0 spiro atoms. The minimum atomic E-state index is -0.295. The first-order valence-corrected chi connectivity index (χ1v) is 8.64. The van der Waals surface area contributed by atoms with E-state index < -0.39 is 0 Å². The van der Waals surface area contributed by atoms with Crippen molar-refractivity contribution in [2.75, 3.05) is 20.1 Å². The highest BCUT2D eigenvalue weighted by Crippen LogP contribution is 2.32. The Bertz CT molecular complexity index is 943. The molecule has 0 unspecified atom stereocenters. The molecule has 4 nitrogen and oxygen atoms in total. The van der Waals surface area contributed by atoms with E-state index in [2.05, 4.69) is 23.0 Å². The molecule has 4 rings (SSSR count). The highest BCUT2D eigenvalue weighted by atomic mass is 32.1. The van der Waals surface area contributed by atoms with E-state index >= 15 is 0 Å². The summed E-state index contributed by atoms with van der Waals surface area (Å²) < 4.78 is 15.4. The first kappa shape index (κ1) is 15.2. The van der Waals surface area contributed by atoms with Gasteiger partial charge in [0.2, 0.25) is 0 Å². The second kappa shape index (κ2) is 5.96. The first-order valence-electron chi connectivity index (χ1n) is 7.76. The second-order valence-electron chi connectivity index (χ2n) is 5.96. The van der Waals surface area contributed by atoms with Crippen molar-refractivity contribution in [3.8, 4) is 0 Å². The average Bonchev–Trinajstić information content (AvgIpc) is 3.22. The fourth-order valence-corrected chi connectivity index (χ4v) is 3.65. The van der Waals surface area contributed by atoms with Crippen molar-refractivity contribution >= 4 is 33.7 Å². The van der Waals surface area contributed by atoms with Gasteiger partial charge in [-0.15, -0.1) is 11.3 Å². The Morgan fingerprint density at radius 1 is 1.38 bits per heavy atom. The topological polar surface area (TPSA) is 38.1 Å². The molecule has 0 fully saturated rings. The molecule has 0 saturated heterocycles. The lowest BCUT2D eigenvalue weighted by Crippen LogP contribution is -2.23. The molecule has 1 aromatic carbocycles. The van der Waals surface area contributed by atoms with E-state index in [-0.39, 0.29) is 11.7 Å². The summed E-state index contributed by atoms with van der Waals surface area (Å²) in [6.45, 7) is 1.81. The minimum absolute atomic E-state index is 0.179. The van der Waals surface area contributed by atoms with Crippen LogP contribution in [0.5, 0.6) is 0 Å². The number of benzene rings is 1. The minimum Gasteiger partial charge on any atom is -0.302 e. The third-order valence-electron chi connectivity index (χ3n) is 4.36. The Kier molecular flexibility index (Phi) is 3.78. The van der Waals surface area contributed by atoms with Crippen molar-refractivity contribution in [2.45, 2.75) is 6.42 Å². The monoisotopic (exact) mass is 341 g/mol. The molecule has 1 aliphatic heterocycles. The Morgan fingerprint density at radius 2 is 2.25 bits per heavy atom. The van der Waals surface area contributed by atoms with Gasteiger partial charge >= 0.3 is 0 Å². The fraction of sp³-hybridized carbons (Fsp3) is 0.222. The summed E-state index contributed by atoms with van der Waals surface area (Å²) in [4.78, 5) is 19.1. The number of halogens is 1. The molecule has 122 valence electrons. The van der Waals surface area contributed by atoms with Gasteiger partial charge < -0.3 is 4.90 Å². The molecule has 1 aliphatic rings. The third-order valence-corrected chi connectivity index (χ3v) is 5.12. The highest BCUT2D eigenvalue weighted by Gasteiger charge is 2.20. The molecular formula is C18H16FN3OS. The molecule has 24 heavy (non-hydrogen) atoms. The molecule has 3 heterocycles. The van der Waals surface area contributed by atoms with E-state index in [0.717, 1.165) is 36.0 Å². The zero-order chi connectivity index (χ0) is 16.7. The number of hydrogen-bond donors (Lipinski definition) is 0. The van der Waals surface area contributed by atoms with Crippen molar-refractivity contribution in [3.63, 3.8) is 0 Å². The molecule has 0 N–H and O–H groups in total. The highest BCUT2D eigenvalue weighted by molar-refractivity contribution is 7.11. The van der Waals surface area contributed by atoms with Crippen molar-refractivity contribution in [3.05, 3.63) is 58.4 Å². The quantitative estimate of drug-likeness (QED) is 0.714. The van der Waals surface area contributed by atoms with Gasteiger partial charge in [-0.25, -0.2) is 9.37 Å². The van der Waals surface area contributed by atoms with Gasteiger partial charge in [0.25, 0.3) is 5.91 Å². The van der Waals surface area contributed by atoms with E-state index in [1.165, 1.54) is 23.5 Å². The smallest absolute Gasteiger partial charge is 0.291 e. The molecule has 0 radical (unpaired) electrons. The summed E-state index contributed by atoms with van der Waals surface area (Å²) in [5, 5.41) is 2.98. The summed E-state index contributed by atoms with van der Waals surface area (Å²) in [7, 11) is 2.07. The van der Waals surface area contributed by atoms with Gasteiger partial charge in [-0.1, -0.05) is 6.08 Å². The van der Waals surface area contributed by atoms with Crippen LogP contribution in [0.4, 0.5) is 4.39 Å². The van der Waals surface area contributed by atoms with Gasteiger partial charge in [-0.2, -0.15) is 0 Å². The Balaban J connectivity index is 1.88. The maximum Gasteiger partial charge on any atom is 0.291 e. The third kappa shape index (κ3) is 2.57. The van der Waals surface area contributed by atoms with Crippen LogP contribution < -0.4 is 0 Å². The number of carbonyl (C=O) groups is 1. The molecule has 0 saturated carbocycles. The number of likely N-dealkylation sites (N-methyl/N-ethyl adjacent to an activating group) is 1. The molecule has 0 atom stereocenters. The van der Waals surface area contributed by atoms with Crippen LogP contribution in [0.25, 0.3) is 16.5 Å². The second-order valence-corrected chi connectivity index (χ2v) is 6.85. The molecule has 0 amide bonds. The number of rotatable bonds is 2. The van der Waals surface area contributed by atoms with Crippen LogP contribution in [-0.2, 0) is 0 Å². The predicted octanol–water partition coefficient (Wildman–Crippen LogP) is 3.64. The zero-order valence-electron chi connectivity index (χ0n) is 13.2. The van der Waals surface area contributed by atoms with Crippen molar-refractivity contribution < 1.29 is 9.18 Å². The fourth-order valence-electron chi connectivity index (χ4n) is 3.07. The van der Waals surface area contributed by atoms with E-state index in [9.17, 15) is 9.18 Å². The molecule has 0 aliphatic carbocycles. The Hall–Kier alpha value is -2.31. The number of thiazole rings is 1. The molecule has 6 heteroatoms. The van der Waals surface area contributed by atoms with Gasteiger partial charge in [0, 0.05) is 41.8 Å². The predicted molar refractivity (Wildman–Crippen MR) is 93.8 cm³/mol. The van der Waals surface area contributed by atoms with Gasteiger partial charge in [0.05, 0.1) is 5.52 Å². The maximum atomic E-state index is 13.8. The van der Waals surface area contributed by atoms with Crippen LogP contribution in [0.2, 0.25) is 0 Å². The summed E-state index contributed by atoms with van der Waals surface area (Å²) in [6.07, 6.45) is 6.48. The van der Waals surface area contributed by atoms with Crippen LogP contribution in [-0.4, -0.2) is 40.5 Å². The van der Waals surface area contributed by atoms with Crippen molar-refractivity contribution in [1.29, 1.82) is 0 Å². The van der Waals surface area contributed by atoms with Crippen LogP contribution in [0.3, 0.4) is 0 Å². The zero-order valence-corrected chi connectivity index (χ0v) is 14.0. The number of aromatic nitrogens is 2. The van der Waals surface area contributed by atoms with Crippen molar-refractivity contribution in [1.82, 2.24) is 14.5 Å². The summed E-state index contributed by atoms with van der Waals surface area (Å²) in [6, 6.07) is 4.56. The molecule has 0 bridgehead atoms. The van der Waals surface area contributed by atoms with Crippen LogP contribution in [0, 0.1) is 5.82 Å². The van der Waals surface area contributed by atoms with E-state index in [1.807, 2.05) is 6.20 Å². The van der Waals surface area contributed by atoms with Crippen molar-refractivity contribution in [2.24, 2.45) is 0 Å². The van der Waals surface area contributed by atoms with Gasteiger partial charge in [0.1, 0.15) is 5.82 Å². The SMILES string of the molecule is CN1CC=C(c2cn(C(=O)c3nccs3)c3ccc(F)cc23)CC1.